The van der Waals surface area contributed by atoms with Crippen molar-refractivity contribution >= 4 is 5.52 Å². The van der Waals surface area contributed by atoms with Gasteiger partial charge in [-0.25, -0.2) is 8.91 Å². The minimum atomic E-state index is -1.12. The average molecular weight is 377 g/mol. The molecule has 0 bridgehead atoms. The molecule has 0 aliphatic carbocycles. The van der Waals surface area contributed by atoms with E-state index in [4.69, 9.17) is 0 Å². The van der Waals surface area contributed by atoms with Gasteiger partial charge in [0.25, 0.3) is 5.56 Å². The Bertz CT molecular complexity index is 1230. The minimum Gasteiger partial charge on any atom is -0.386 e. The molecule has 0 unspecified atom stereocenters. The highest BCUT2D eigenvalue weighted by atomic mass is 19.1. The molecule has 0 amide bonds. The zero-order chi connectivity index (χ0) is 19.8. The van der Waals surface area contributed by atoms with E-state index in [9.17, 15) is 14.3 Å². The van der Waals surface area contributed by atoms with Crippen molar-refractivity contribution in [3.8, 4) is 11.3 Å². The second-order valence-electron chi connectivity index (χ2n) is 6.95. The number of halogens is 1. The van der Waals surface area contributed by atoms with Crippen molar-refractivity contribution in [1.29, 1.82) is 0 Å². The molecule has 5 nitrogen and oxygen atoms in total. The van der Waals surface area contributed by atoms with E-state index in [2.05, 4.69) is 5.10 Å². The Morgan fingerprint density at radius 2 is 1.86 bits per heavy atom. The van der Waals surface area contributed by atoms with Crippen molar-refractivity contribution in [2.45, 2.75) is 26.5 Å². The molecule has 0 fully saturated rings. The Balaban J connectivity index is 1.70. The van der Waals surface area contributed by atoms with Crippen molar-refractivity contribution in [3.63, 3.8) is 0 Å². The average Bonchev–Trinajstić information content (AvgIpc) is 3.11. The molecule has 1 atom stereocenters. The first kappa shape index (κ1) is 18.1. The van der Waals surface area contributed by atoms with Crippen LogP contribution in [0.15, 0.2) is 65.7 Å². The number of rotatable bonds is 4. The summed E-state index contributed by atoms with van der Waals surface area (Å²) in [6.07, 6.45) is 2.09. The Kier molecular flexibility index (Phi) is 4.57. The topological polar surface area (TPSA) is 59.5 Å². The highest BCUT2D eigenvalue weighted by Gasteiger charge is 2.15. The number of benzene rings is 2. The van der Waals surface area contributed by atoms with Crippen LogP contribution in [0.3, 0.4) is 0 Å². The number of aliphatic hydroxyl groups excluding tert-OH is 1. The molecular formula is C22H20FN3O2. The van der Waals surface area contributed by atoms with Crippen molar-refractivity contribution in [3.05, 3.63) is 93.8 Å². The van der Waals surface area contributed by atoms with E-state index in [0.29, 0.717) is 11.2 Å². The Morgan fingerprint density at radius 1 is 1.07 bits per heavy atom. The molecule has 0 saturated carbocycles. The molecule has 0 aliphatic heterocycles. The van der Waals surface area contributed by atoms with E-state index in [-0.39, 0.29) is 17.7 Å². The Morgan fingerprint density at radius 3 is 2.61 bits per heavy atom. The summed E-state index contributed by atoms with van der Waals surface area (Å²) >= 11 is 0. The molecule has 4 aromatic rings. The van der Waals surface area contributed by atoms with Crippen LogP contribution in [0.4, 0.5) is 4.39 Å². The van der Waals surface area contributed by atoms with Gasteiger partial charge in [-0.3, -0.25) is 4.79 Å². The summed E-state index contributed by atoms with van der Waals surface area (Å²) in [7, 11) is 0. The molecule has 4 rings (SSSR count). The molecule has 2 aromatic carbocycles. The van der Waals surface area contributed by atoms with Crippen molar-refractivity contribution < 1.29 is 9.50 Å². The van der Waals surface area contributed by atoms with Gasteiger partial charge in [0.05, 0.1) is 18.3 Å². The summed E-state index contributed by atoms with van der Waals surface area (Å²) < 4.78 is 16.8. The molecule has 2 heterocycles. The second kappa shape index (κ2) is 7.05. The normalized spacial score (nSPS) is 12.4. The quantitative estimate of drug-likeness (QED) is 0.591. The van der Waals surface area contributed by atoms with Crippen LogP contribution < -0.4 is 5.56 Å². The number of hydrogen-bond donors (Lipinski definition) is 1. The van der Waals surface area contributed by atoms with E-state index < -0.39 is 11.9 Å². The molecule has 0 aliphatic rings. The van der Waals surface area contributed by atoms with Crippen LogP contribution in [-0.4, -0.2) is 19.3 Å². The maximum absolute atomic E-state index is 13.9. The third-order valence-electron chi connectivity index (χ3n) is 5.04. The number of hydrogen-bond acceptors (Lipinski definition) is 3. The lowest BCUT2D eigenvalue weighted by Gasteiger charge is -2.13. The van der Waals surface area contributed by atoms with Gasteiger partial charge in [-0.2, -0.15) is 5.10 Å². The Labute approximate surface area is 161 Å². The smallest absolute Gasteiger partial charge is 0.276 e. The second-order valence-corrected chi connectivity index (χ2v) is 6.95. The molecule has 2 aromatic heterocycles. The fraction of sp³-hybridized carbons (Fsp3) is 0.182. The lowest BCUT2D eigenvalue weighted by molar-refractivity contribution is 0.150. The first-order chi connectivity index (χ1) is 13.4. The fourth-order valence-corrected chi connectivity index (χ4v) is 3.24. The molecule has 1 N–H and O–H groups in total. The molecular weight excluding hydrogens is 357 g/mol. The summed E-state index contributed by atoms with van der Waals surface area (Å²) in [5.74, 6) is -0.495. The van der Waals surface area contributed by atoms with Crippen LogP contribution in [0.1, 0.15) is 22.8 Å². The van der Waals surface area contributed by atoms with Gasteiger partial charge in [0.1, 0.15) is 11.3 Å². The van der Waals surface area contributed by atoms with Crippen molar-refractivity contribution in [2.24, 2.45) is 0 Å². The van der Waals surface area contributed by atoms with E-state index in [0.717, 1.165) is 11.1 Å². The standard InChI is InChI=1S/C22H20FN3O2/c1-14-7-8-16(11-15(14)2)19-12-20-22(28)25(9-10-26(20)24-19)13-21(27)17-5-3-4-6-18(17)23/h3-12,21,27H,13H2,1-2H3/t21-/m1/s1. The van der Waals surface area contributed by atoms with Crippen LogP contribution in [0.5, 0.6) is 0 Å². The first-order valence-corrected chi connectivity index (χ1v) is 9.03. The predicted molar refractivity (Wildman–Crippen MR) is 106 cm³/mol. The zero-order valence-corrected chi connectivity index (χ0v) is 15.6. The number of nitrogens with zero attached hydrogens (tertiary/aromatic N) is 3. The van der Waals surface area contributed by atoms with E-state index in [1.807, 2.05) is 32.0 Å². The number of aromatic nitrogens is 3. The summed E-state index contributed by atoms with van der Waals surface area (Å²) in [6, 6.07) is 13.8. The maximum Gasteiger partial charge on any atom is 0.276 e. The van der Waals surface area contributed by atoms with Gasteiger partial charge in [0.15, 0.2) is 0 Å². The van der Waals surface area contributed by atoms with Gasteiger partial charge in [-0.1, -0.05) is 30.3 Å². The van der Waals surface area contributed by atoms with Crippen LogP contribution in [0.25, 0.3) is 16.8 Å². The summed E-state index contributed by atoms with van der Waals surface area (Å²) in [5.41, 5.74) is 4.25. The predicted octanol–water partition coefficient (Wildman–Crippen LogP) is 3.65. The van der Waals surface area contributed by atoms with Gasteiger partial charge < -0.3 is 9.67 Å². The summed E-state index contributed by atoms with van der Waals surface area (Å²) in [6.45, 7) is 4.04. The van der Waals surface area contributed by atoms with Gasteiger partial charge >= 0.3 is 0 Å². The number of aliphatic hydroxyl groups is 1. The Hall–Kier alpha value is -3.25. The van der Waals surface area contributed by atoms with E-state index in [1.165, 1.54) is 26.8 Å². The third-order valence-corrected chi connectivity index (χ3v) is 5.04. The van der Waals surface area contributed by atoms with E-state index in [1.54, 1.807) is 30.6 Å². The lowest BCUT2D eigenvalue weighted by Crippen LogP contribution is -2.24. The summed E-state index contributed by atoms with van der Waals surface area (Å²) in [5, 5.41) is 14.9. The first-order valence-electron chi connectivity index (χ1n) is 9.03. The monoisotopic (exact) mass is 377 g/mol. The third kappa shape index (κ3) is 3.23. The minimum absolute atomic E-state index is 0.0413. The lowest BCUT2D eigenvalue weighted by atomic mass is 10.0. The molecule has 0 radical (unpaired) electrons. The van der Waals surface area contributed by atoms with E-state index >= 15 is 0 Å². The highest BCUT2D eigenvalue weighted by Crippen LogP contribution is 2.22. The molecule has 0 saturated heterocycles. The molecule has 142 valence electrons. The van der Waals surface area contributed by atoms with Crippen molar-refractivity contribution in [2.75, 3.05) is 0 Å². The maximum atomic E-state index is 13.9. The van der Waals surface area contributed by atoms with Gasteiger partial charge in [0, 0.05) is 23.5 Å². The number of aryl methyl sites for hydroxylation is 2. The molecule has 0 spiro atoms. The highest BCUT2D eigenvalue weighted by molar-refractivity contribution is 5.66. The van der Waals surface area contributed by atoms with Gasteiger partial charge in [-0.05, 0) is 43.2 Å². The zero-order valence-electron chi connectivity index (χ0n) is 15.6. The SMILES string of the molecule is Cc1ccc(-c2cc3c(=O)n(C[C@@H](O)c4ccccc4F)ccn3n2)cc1C. The largest absolute Gasteiger partial charge is 0.386 e. The number of fused-ring (bicyclic) bond motifs is 1. The fourth-order valence-electron chi connectivity index (χ4n) is 3.24. The van der Waals surface area contributed by atoms with Crippen LogP contribution in [-0.2, 0) is 6.54 Å². The van der Waals surface area contributed by atoms with Crippen LogP contribution >= 0.6 is 0 Å². The van der Waals surface area contributed by atoms with Gasteiger partial charge in [-0.15, -0.1) is 0 Å². The van der Waals surface area contributed by atoms with Crippen LogP contribution in [0, 0.1) is 19.7 Å². The van der Waals surface area contributed by atoms with Crippen LogP contribution in [0.2, 0.25) is 0 Å². The molecule has 6 heteroatoms. The summed E-state index contributed by atoms with van der Waals surface area (Å²) in [4.78, 5) is 12.8. The van der Waals surface area contributed by atoms with Gasteiger partial charge in [0.2, 0.25) is 0 Å². The van der Waals surface area contributed by atoms with Crippen molar-refractivity contribution in [1.82, 2.24) is 14.2 Å². The molecule has 28 heavy (non-hydrogen) atoms.